The van der Waals surface area contributed by atoms with E-state index in [-0.39, 0.29) is 0 Å². The third-order valence-corrected chi connectivity index (χ3v) is 1.50. The summed E-state index contributed by atoms with van der Waals surface area (Å²) in [6.07, 6.45) is 5.84. The maximum Gasteiger partial charge on any atom is 0.0822 e. The molecular formula is C9H20O2. The second-order valence-electron chi connectivity index (χ2n) is 2.70. The molecule has 0 aromatic carbocycles. The molecule has 2 heteroatoms. The molecule has 11 heavy (non-hydrogen) atoms. The van der Waals surface area contributed by atoms with Crippen LogP contribution in [0.5, 0.6) is 0 Å². The van der Waals surface area contributed by atoms with Gasteiger partial charge in [-0.1, -0.05) is 33.1 Å². The van der Waals surface area contributed by atoms with Crippen molar-refractivity contribution in [1.82, 2.24) is 0 Å². The third-order valence-electron chi connectivity index (χ3n) is 1.50. The van der Waals surface area contributed by atoms with Crippen LogP contribution in [0.3, 0.4) is 0 Å². The SMILES string of the molecule is CCCCCOOCCCC. The summed E-state index contributed by atoms with van der Waals surface area (Å²) in [7, 11) is 0. The summed E-state index contributed by atoms with van der Waals surface area (Å²) in [6.45, 7) is 5.80. The Kier molecular flexibility index (Phi) is 9.85. The lowest BCUT2D eigenvalue weighted by molar-refractivity contribution is -0.295. The van der Waals surface area contributed by atoms with Crippen molar-refractivity contribution in [2.24, 2.45) is 0 Å². The predicted molar refractivity (Wildman–Crippen MR) is 46.3 cm³/mol. The van der Waals surface area contributed by atoms with Crippen molar-refractivity contribution in [2.45, 2.75) is 46.0 Å². The largest absolute Gasteiger partial charge is 0.237 e. The summed E-state index contributed by atoms with van der Waals surface area (Å²) in [4.78, 5) is 9.86. The molecule has 0 aromatic heterocycles. The summed E-state index contributed by atoms with van der Waals surface area (Å²) in [6, 6.07) is 0. The first-order valence-electron chi connectivity index (χ1n) is 4.66. The van der Waals surface area contributed by atoms with Crippen LogP contribution >= 0.6 is 0 Å². The number of unbranched alkanes of at least 4 members (excludes halogenated alkanes) is 3. The number of hydrogen-bond donors (Lipinski definition) is 0. The Morgan fingerprint density at radius 1 is 0.727 bits per heavy atom. The van der Waals surface area contributed by atoms with Crippen molar-refractivity contribution in [1.29, 1.82) is 0 Å². The lowest BCUT2D eigenvalue weighted by atomic mass is 10.3. The number of rotatable bonds is 8. The van der Waals surface area contributed by atoms with Crippen LogP contribution in [0, 0.1) is 0 Å². The van der Waals surface area contributed by atoms with Crippen LogP contribution in [0.15, 0.2) is 0 Å². The summed E-state index contributed by atoms with van der Waals surface area (Å²) in [5.41, 5.74) is 0. The molecule has 0 saturated carbocycles. The van der Waals surface area contributed by atoms with Gasteiger partial charge < -0.3 is 0 Å². The van der Waals surface area contributed by atoms with Gasteiger partial charge in [0.2, 0.25) is 0 Å². The molecule has 0 heterocycles. The molecule has 0 spiro atoms. The van der Waals surface area contributed by atoms with E-state index in [1.54, 1.807) is 0 Å². The average Bonchev–Trinajstić information content (AvgIpc) is 2.03. The summed E-state index contributed by atoms with van der Waals surface area (Å²) in [5.74, 6) is 0. The highest BCUT2D eigenvalue weighted by atomic mass is 17.2. The Balaban J connectivity index is 2.69. The van der Waals surface area contributed by atoms with Gasteiger partial charge in [0.1, 0.15) is 0 Å². The highest BCUT2D eigenvalue weighted by Crippen LogP contribution is 1.95. The maximum atomic E-state index is 4.94. The van der Waals surface area contributed by atoms with Crippen LogP contribution in [-0.4, -0.2) is 13.2 Å². The van der Waals surface area contributed by atoms with Gasteiger partial charge >= 0.3 is 0 Å². The van der Waals surface area contributed by atoms with Gasteiger partial charge in [0.05, 0.1) is 13.2 Å². The molecule has 0 unspecified atom stereocenters. The van der Waals surface area contributed by atoms with E-state index in [1.165, 1.54) is 19.3 Å². The van der Waals surface area contributed by atoms with E-state index in [0.29, 0.717) is 0 Å². The molecule has 0 rings (SSSR count). The molecule has 0 amide bonds. The van der Waals surface area contributed by atoms with Gasteiger partial charge in [-0.2, -0.15) is 0 Å². The lowest BCUT2D eigenvalue weighted by Crippen LogP contribution is -1.98. The standard InChI is InChI=1S/C9H20O2/c1-3-5-7-9-11-10-8-6-4-2/h3-9H2,1-2H3. The molecule has 0 N–H and O–H groups in total. The Morgan fingerprint density at radius 3 is 1.82 bits per heavy atom. The highest BCUT2D eigenvalue weighted by Gasteiger charge is 1.88. The van der Waals surface area contributed by atoms with Crippen molar-refractivity contribution in [2.75, 3.05) is 13.2 Å². The fourth-order valence-electron chi connectivity index (χ4n) is 0.732. The molecular weight excluding hydrogens is 140 g/mol. The van der Waals surface area contributed by atoms with Crippen LogP contribution in [0.1, 0.15) is 46.0 Å². The van der Waals surface area contributed by atoms with E-state index in [2.05, 4.69) is 13.8 Å². The third kappa shape index (κ3) is 9.92. The molecule has 0 saturated heterocycles. The van der Waals surface area contributed by atoms with Gasteiger partial charge in [0.15, 0.2) is 0 Å². The zero-order valence-electron chi connectivity index (χ0n) is 7.77. The molecule has 0 fully saturated rings. The van der Waals surface area contributed by atoms with E-state index in [1.807, 2.05) is 0 Å². The van der Waals surface area contributed by atoms with Crippen LogP contribution in [-0.2, 0) is 9.78 Å². The van der Waals surface area contributed by atoms with Crippen LogP contribution in [0.4, 0.5) is 0 Å². The zero-order chi connectivity index (χ0) is 8.36. The van der Waals surface area contributed by atoms with E-state index in [0.717, 1.165) is 26.1 Å². The van der Waals surface area contributed by atoms with Gasteiger partial charge in [-0.15, -0.1) is 0 Å². The van der Waals surface area contributed by atoms with Gasteiger partial charge in [-0.25, -0.2) is 9.78 Å². The van der Waals surface area contributed by atoms with Gasteiger partial charge in [0, 0.05) is 0 Å². The summed E-state index contributed by atoms with van der Waals surface area (Å²) >= 11 is 0. The molecule has 0 bridgehead atoms. The van der Waals surface area contributed by atoms with Crippen molar-refractivity contribution >= 4 is 0 Å². The predicted octanol–water partition coefficient (Wildman–Crippen LogP) is 2.92. The molecule has 0 radical (unpaired) electrons. The van der Waals surface area contributed by atoms with Crippen LogP contribution in [0.2, 0.25) is 0 Å². The molecule has 2 nitrogen and oxygen atoms in total. The Morgan fingerprint density at radius 2 is 1.27 bits per heavy atom. The minimum atomic E-state index is 0.739. The monoisotopic (exact) mass is 160 g/mol. The van der Waals surface area contributed by atoms with Crippen molar-refractivity contribution < 1.29 is 9.78 Å². The molecule has 0 aliphatic carbocycles. The van der Waals surface area contributed by atoms with E-state index >= 15 is 0 Å². The summed E-state index contributed by atoms with van der Waals surface area (Å²) in [5, 5.41) is 0. The molecule has 0 aliphatic heterocycles. The first-order valence-corrected chi connectivity index (χ1v) is 4.66. The topological polar surface area (TPSA) is 18.5 Å². The van der Waals surface area contributed by atoms with E-state index in [9.17, 15) is 0 Å². The first kappa shape index (κ1) is 10.9. The van der Waals surface area contributed by atoms with Gasteiger partial charge in [-0.3, -0.25) is 0 Å². The van der Waals surface area contributed by atoms with Crippen LogP contribution < -0.4 is 0 Å². The zero-order valence-corrected chi connectivity index (χ0v) is 7.77. The Bertz CT molecular complexity index is 56.6. The maximum absolute atomic E-state index is 4.94. The molecule has 0 atom stereocenters. The molecule has 0 aliphatic rings. The van der Waals surface area contributed by atoms with Crippen LogP contribution in [0.25, 0.3) is 0 Å². The molecule has 0 aromatic rings. The van der Waals surface area contributed by atoms with Crippen molar-refractivity contribution in [3.63, 3.8) is 0 Å². The normalized spacial score (nSPS) is 10.4. The minimum absolute atomic E-state index is 0.739. The van der Waals surface area contributed by atoms with E-state index in [4.69, 9.17) is 9.78 Å². The Hall–Kier alpha value is -0.0800. The lowest BCUT2D eigenvalue weighted by Gasteiger charge is -2.01. The van der Waals surface area contributed by atoms with Gasteiger partial charge in [0.25, 0.3) is 0 Å². The second kappa shape index (κ2) is 9.92. The van der Waals surface area contributed by atoms with Crippen molar-refractivity contribution in [3.05, 3.63) is 0 Å². The minimum Gasteiger partial charge on any atom is -0.237 e. The number of hydrogen-bond acceptors (Lipinski definition) is 2. The Labute approximate surface area is 69.8 Å². The second-order valence-corrected chi connectivity index (χ2v) is 2.70. The van der Waals surface area contributed by atoms with E-state index < -0.39 is 0 Å². The highest BCUT2D eigenvalue weighted by molar-refractivity contribution is 4.33. The fraction of sp³-hybridized carbons (Fsp3) is 1.00. The fourth-order valence-corrected chi connectivity index (χ4v) is 0.732. The summed E-state index contributed by atoms with van der Waals surface area (Å²) < 4.78 is 0. The average molecular weight is 160 g/mol. The molecule has 68 valence electrons. The quantitative estimate of drug-likeness (QED) is 0.309. The first-order chi connectivity index (χ1) is 5.41. The van der Waals surface area contributed by atoms with Gasteiger partial charge in [-0.05, 0) is 12.8 Å². The smallest absolute Gasteiger partial charge is 0.0822 e. The van der Waals surface area contributed by atoms with Crippen molar-refractivity contribution in [3.8, 4) is 0 Å².